The van der Waals surface area contributed by atoms with Crippen molar-refractivity contribution < 1.29 is 19.2 Å². The molecule has 2 fully saturated rings. The van der Waals surface area contributed by atoms with Gasteiger partial charge in [-0.3, -0.25) is 19.2 Å². The van der Waals surface area contributed by atoms with E-state index >= 15 is 0 Å². The van der Waals surface area contributed by atoms with Gasteiger partial charge >= 0.3 is 0 Å². The molecule has 0 saturated carbocycles. The molecule has 0 unspecified atom stereocenters. The molecule has 2 rings (SSSR count). The molecule has 0 aromatic rings. The van der Waals surface area contributed by atoms with Gasteiger partial charge in [-0.1, -0.05) is 25.7 Å². The van der Waals surface area contributed by atoms with Crippen LogP contribution in [-0.4, -0.2) is 46.4 Å². The lowest BCUT2D eigenvalue weighted by atomic mass is 9.97. The van der Waals surface area contributed by atoms with Crippen LogP contribution in [0.25, 0.3) is 0 Å². The van der Waals surface area contributed by atoms with Crippen LogP contribution >= 0.6 is 12.6 Å². The van der Waals surface area contributed by atoms with E-state index in [0.717, 1.165) is 32.1 Å². The van der Waals surface area contributed by atoms with Gasteiger partial charge in [-0.05, 0) is 12.8 Å². The van der Waals surface area contributed by atoms with Crippen LogP contribution in [0.5, 0.6) is 0 Å². The van der Waals surface area contributed by atoms with Crippen LogP contribution in [0.1, 0.15) is 44.9 Å². The van der Waals surface area contributed by atoms with Crippen LogP contribution in [0, 0.1) is 5.92 Å². The monoisotopic (exact) mass is 341 g/mol. The zero-order valence-electron chi connectivity index (χ0n) is 13.0. The Hall–Kier alpha value is -1.41. The Morgan fingerprint density at radius 3 is 2.39 bits per heavy atom. The summed E-state index contributed by atoms with van der Waals surface area (Å²) in [5, 5.41) is 2.70. The lowest BCUT2D eigenvalue weighted by Gasteiger charge is -2.25. The molecule has 7 nitrogen and oxygen atoms in total. The highest BCUT2D eigenvalue weighted by atomic mass is 32.1. The van der Waals surface area contributed by atoms with E-state index in [2.05, 4.69) is 17.9 Å². The number of carbonyl (C=O) groups is 4. The Morgan fingerprint density at radius 2 is 1.83 bits per heavy atom. The third kappa shape index (κ3) is 4.11. The van der Waals surface area contributed by atoms with Crippen LogP contribution in [0.3, 0.4) is 0 Å². The van der Waals surface area contributed by atoms with Crippen molar-refractivity contribution in [1.82, 2.24) is 10.2 Å². The molecule has 128 valence electrons. The summed E-state index contributed by atoms with van der Waals surface area (Å²) in [6, 6.07) is -1.83. The molecule has 0 aromatic carbocycles. The normalized spacial score (nSPS) is 30.3. The van der Waals surface area contributed by atoms with Gasteiger partial charge in [0.1, 0.15) is 6.04 Å². The summed E-state index contributed by atoms with van der Waals surface area (Å²) in [6.07, 6.45) is 4.62. The minimum absolute atomic E-state index is 0.162. The van der Waals surface area contributed by atoms with E-state index in [-0.39, 0.29) is 18.2 Å². The van der Waals surface area contributed by atoms with Crippen molar-refractivity contribution in [2.75, 3.05) is 5.75 Å². The maximum absolute atomic E-state index is 12.6. The van der Waals surface area contributed by atoms with Crippen LogP contribution in [0.15, 0.2) is 0 Å². The number of imide groups is 3. The summed E-state index contributed by atoms with van der Waals surface area (Å²) in [4.78, 5) is 49.2. The Balaban J connectivity index is 2.13. The molecule has 3 N–H and O–H groups in total. The summed E-state index contributed by atoms with van der Waals surface area (Å²) in [5.41, 5.74) is 5.54. The van der Waals surface area contributed by atoms with Crippen molar-refractivity contribution in [2.45, 2.75) is 57.0 Å². The number of likely N-dealkylation sites (tertiary alicyclic amines) is 1. The smallest absolute Gasteiger partial charge is 0.258 e. The van der Waals surface area contributed by atoms with Gasteiger partial charge in [0.2, 0.25) is 11.8 Å². The SMILES string of the molecule is N[C@H]1CC(=O)N(C(=O)[C@H]2CCCCCC[C@H](CS)C(=O)N2)C1=O. The topological polar surface area (TPSA) is 110 Å². The summed E-state index contributed by atoms with van der Waals surface area (Å²) < 4.78 is 0. The molecule has 3 atom stereocenters. The average Bonchev–Trinajstić information content (AvgIpc) is 2.77. The maximum atomic E-state index is 12.6. The molecule has 0 bridgehead atoms. The first kappa shape index (κ1) is 17.9. The fourth-order valence-corrected chi connectivity index (χ4v) is 3.34. The second-order valence-corrected chi connectivity index (χ2v) is 6.51. The highest BCUT2D eigenvalue weighted by Crippen LogP contribution is 2.19. The van der Waals surface area contributed by atoms with Crippen molar-refractivity contribution >= 4 is 36.3 Å². The minimum Gasteiger partial charge on any atom is -0.344 e. The van der Waals surface area contributed by atoms with Crippen molar-refractivity contribution in [3.05, 3.63) is 0 Å². The van der Waals surface area contributed by atoms with Crippen LogP contribution in [0.2, 0.25) is 0 Å². The van der Waals surface area contributed by atoms with Gasteiger partial charge < -0.3 is 11.1 Å². The number of nitrogens with zero attached hydrogens (tertiary/aromatic N) is 1. The molecule has 0 aromatic heterocycles. The highest BCUT2D eigenvalue weighted by molar-refractivity contribution is 7.80. The van der Waals surface area contributed by atoms with Gasteiger partial charge in [-0.15, -0.1) is 0 Å². The van der Waals surface area contributed by atoms with Crippen molar-refractivity contribution in [1.29, 1.82) is 0 Å². The fourth-order valence-electron chi connectivity index (χ4n) is 2.99. The van der Waals surface area contributed by atoms with Gasteiger partial charge in [0.05, 0.1) is 12.5 Å². The van der Waals surface area contributed by atoms with E-state index in [0.29, 0.717) is 17.1 Å². The number of carbonyl (C=O) groups excluding carboxylic acids is 4. The predicted molar refractivity (Wildman–Crippen MR) is 86.4 cm³/mol. The summed E-state index contributed by atoms with van der Waals surface area (Å²) in [6.45, 7) is 0. The number of rotatable bonds is 2. The largest absolute Gasteiger partial charge is 0.344 e. The van der Waals surface area contributed by atoms with E-state index in [1.54, 1.807) is 0 Å². The van der Waals surface area contributed by atoms with Crippen LogP contribution in [-0.2, 0) is 19.2 Å². The lowest BCUT2D eigenvalue weighted by molar-refractivity contribution is -0.152. The highest BCUT2D eigenvalue weighted by Gasteiger charge is 2.43. The molecule has 2 heterocycles. The number of amides is 4. The van der Waals surface area contributed by atoms with Crippen molar-refractivity contribution in [2.24, 2.45) is 11.7 Å². The Kier molecular flexibility index (Phi) is 6.17. The van der Waals surface area contributed by atoms with Gasteiger partial charge in [0.25, 0.3) is 11.8 Å². The molecular formula is C15H23N3O4S. The van der Waals surface area contributed by atoms with E-state index in [9.17, 15) is 19.2 Å². The zero-order valence-corrected chi connectivity index (χ0v) is 13.9. The van der Waals surface area contributed by atoms with E-state index in [4.69, 9.17) is 5.73 Å². The van der Waals surface area contributed by atoms with E-state index in [1.165, 1.54) is 0 Å². The van der Waals surface area contributed by atoms with Crippen molar-refractivity contribution in [3.63, 3.8) is 0 Å². The Morgan fingerprint density at radius 1 is 1.17 bits per heavy atom. The Labute approximate surface area is 140 Å². The number of nitrogens with two attached hydrogens (primary N) is 1. The molecule has 2 saturated heterocycles. The van der Waals surface area contributed by atoms with Gasteiger partial charge in [-0.2, -0.15) is 12.6 Å². The molecule has 8 heteroatoms. The molecule has 0 spiro atoms. The van der Waals surface area contributed by atoms with Crippen molar-refractivity contribution in [3.8, 4) is 0 Å². The van der Waals surface area contributed by atoms with Gasteiger partial charge in [-0.25, -0.2) is 4.90 Å². The molecule has 2 aliphatic rings. The van der Waals surface area contributed by atoms with Gasteiger partial charge in [0, 0.05) is 11.7 Å². The maximum Gasteiger partial charge on any atom is 0.258 e. The third-order valence-electron chi connectivity index (χ3n) is 4.40. The third-order valence-corrected chi connectivity index (χ3v) is 4.84. The molecular weight excluding hydrogens is 318 g/mol. The molecule has 4 amide bonds. The second kappa shape index (κ2) is 7.92. The van der Waals surface area contributed by atoms with Gasteiger partial charge in [0.15, 0.2) is 0 Å². The zero-order chi connectivity index (χ0) is 17.0. The Bertz CT molecular complexity index is 511. The number of thiol groups is 1. The molecule has 23 heavy (non-hydrogen) atoms. The van der Waals surface area contributed by atoms with Crippen LogP contribution in [0.4, 0.5) is 0 Å². The summed E-state index contributed by atoms with van der Waals surface area (Å²) in [7, 11) is 0. The second-order valence-electron chi connectivity index (χ2n) is 6.15. The average molecular weight is 341 g/mol. The summed E-state index contributed by atoms with van der Waals surface area (Å²) in [5.74, 6) is -2.05. The van der Waals surface area contributed by atoms with E-state index in [1.807, 2.05) is 0 Å². The fraction of sp³-hybridized carbons (Fsp3) is 0.733. The first-order chi connectivity index (χ1) is 11.0. The van der Waals surface area contributed by atoms with Crippen LogP contribution < -0.4 is 11.1 Å². The lowest BCUT2D eigenvalue weighted by Crippen LogP contribution is -2.52. The minimum atomic E-state index is -0.966. The van der Waals surface area contributed by atoms with E-state index < -0.39 is 29.8 Å². The first-order valence-corrected chi connectivity index (χ1v) is 8.66. The number of hydrogen-bond acceptors (Lipinski definition) is 6. The number of nitrogens with one attached hydrogen (secondary N) is 1. The molecule has 0 radical (unpaired) electrons. The molecule has 2 aliphatic heterocycles. The summed E-state index contributed by atoms with van der Waals surface area (Å²) >= 11 is 4.20. The number of hydrogen-bond donors (Lipinski definition) is 3. The predicted octanol–water partition coefficient (Wildman–Crippen LogP) is -0.0158. The quantitative estimate of drug-likeness (QED) is 0.483. The molecule has 0 aliphatic carbocycles. The first-order valence-electron chi connectivity index (χ1n) is 8.03. The standard InChI is InChI=1S/C15H23N3O4S/c16-10-7-12(19)18(14(10)21)15(22)11-6-4-2-1-3-5-9(8-23)13(20)17-11/h9-11,23H,1-8,16H2,(H,17,20)/t9-,10+,11-/m1/s1.